The number of rotatable bonds is 8. The molecule has 2 saturated heterocycles. The van der Waals surface area contributed by atoms with Gasteiger partial charge < -0.3 is 30.3 Å². The lowest BCUT2D eigenvalue weighted by molar-refractivity contribution is -0.137. The zero-order chi connectivity index (χ0) is 31.2. The van der Waals surface area contributed by atoms with E-state index in [-0.39, 0.29) is 11.3 Å². The van der Waals surface area contributed by atoms with E-state index in [1.165, 1.54) is 50.8 Å². The molecule has 4 aromatic rings. The van der Waals surface area contributed by atoms with E-state index in [0.717, 1.165) is 66.1 Å². The molecular weight excluding hydrogens is 589 g/mol. The number of methoxy groups -OCH3 is 1. The van der Waals surface area contributed by atoms with Gasteiger partial charge in [-0.25, -0.2) is 4.98 Å². The molecule has 2 aromatic heterocycles. The zero-order valence-corrected chi connectivity index (χ0v) is 26.1. The third-order valence-corrected chi connectivity index (χ3v) is 9.49. The Morgan fingerprint density at radius 2 is 1.68 bits per heavy atom. The fraction of sp³-hybridized carbons (Fsp3) is 0.438. The molecule has 0 spiro atoms. The maximum absolute atomic E-state index is 13.8. The predicted molar refractivity (Wildman–Crippen MR) is 170 cm³/mol. The molecule has 3 N–H and O–H groups in total. The fourth-order valence-electron chi connectivity index (χ4n) is 5.91. The summed E-state index contributed by atoms with van der Waals surface area (Å²) in [6.07, 6.45) is -1.01. The standard InChI is InChI=1S/C32H37F3N6O2S/c1-19-18-44-29-27(19)28(36-23-15-20(31(2,3)42)14-21(16-23)32(33,34)35)38-30(39-29)37-22-6-7-25(26(17-22)43-4)41-12-8-24(9-13-41)40-10-5-11-40/h6-7,14-18,24,42H,5,8-13H2,1-4H3,(H2,36,37,38,39). The molecule has 2 aromatic carbocycles. The molecular formula is C32H37F3N6O2S. The van der Waals surface area contributed by atoms with E-state index in [2.05, 4.69) is 25.4 Å². The van der Waals surface area contributed by atoms with Gasteiger partial charge >= 0.3 is 6.18 Å². The van der Waals surface area contributed by atoms with E-state index in [1.54, 1.807) is 7.11 Å². The number of fused-ring (bicyclic) bond motifs is 1. The lowest BCUT2D eigenvalue weighted by atomic mass is 9.95. The highest BCUT2D eigenvalue weighted by molar-refractivity contribution is 7.17. The van der Waals surface area contributed by atoms with Gasteiger partial charge in [-0.3, -0.25) is 0 Å². The number of benzene rings is 2. The number of aliphatic hydroxyl groups is 1. The Balaban J connectivity index is 1.27. The summed E-state index contributed by atoms with van der Waals surface area (Å²) in [5.74, 6) is 1.40. The Morgan fingerprint density at radius 1 is 0.955 bits per heavy atom. The molecule has 2 fully saturated rings. The van der Waals surface area contributed by atoms with Crippen molar-refractivity contribution in [2.45, 2.75) is 57.9 Å². The van der Waals surface area contributed by atoms with Gasteiger partial charge in [0, 0.05) is 36.6 Å². The van der Waals surface area contributed by atoms with Crippen LogP contribution in [-0.4, -0.2) is 59.3 Å². The third kappa shape index (κ3) is 6.29. The minimum atomic E-state index is -4.58. The van der Waals surface area contributed by atoms with E-state index in [1.807, 2.05) is 30.5 Å². The Morgan fingerprint density at radius 3 is 2.32 bits per heavy atom. The molecule has 2 aliphatic rings. The van der Waals surface area contributed by atoms with Crippen LogP contribution < -0.4 is 20.3 Å². The first-order chi connectivity index (χ1) is 20.9. The fourth-order valence-corrected chi connectivity index (χ4v) is 6.83. The van der Waals surface area contributed by atoms with E-state index >= 15 is 0 Å². The molecule has 8 nitrogen and oxygen atoms in total. The molecule has 0 radical (unpaired) electrons. The number of aromatic nitrogens is 2. The number of nitrogens with one attached hydrogen (secondary N) is 2. The number of thiophene rings is 1. The van der Waals surface area contributed by atoms with Gasteiger partial charge in [-0.1, -0.05) is 0 Å². The molecule has 0 unspecified atom stereocenters. The zero-order valence-electron chi connectivity index (χ0n) is 25.3. The smallest absolute Gasteiger partial charge is 0.416 e. The van der Waals surface area contributed by atoms with Crippen LogP contribution in [0.5, 0.6) is 5.75 Å². The molecule has 6 rings (SSSR count). The average Bonchev–Trinajstić information content (AvgIpc) is 3.32. The van der Waals surface area contributed by atoms with E-state index < -0.39 is 17.3 Å². The Hall–Kier alpha value is -3.61. The van der Waals surface area contributed by atoms with Crippen molar-refractivity contribution in [1.29, 1.82) is 0 Å². The number of hydrogen-bond acceptors (Lipinski definition) is 9. The quantitative estimate of drug-likeness (QED) is 0.186. The minimum absolute atomic E-state index is 0.137. The summed E-state index contributed by atoms with van der Waals surface area (Å²) in [6, 6.07) is 10.1. The highest BCUT2D eigenvalue weighted by Crippen LogP contribution is 2.39. The van der Waals surface area contributed by atoms with Crippen molar-refractivity contribution in [3.63, 3.8) is 0 Å². The average molecular weight is 627 g/mol. The maximum Gasteiger partial charge on any atom is 0.416 e. The summed E-state index contributed by atoms with van der Waals surface area (Å²) in [4.78, 5) is 15.0. The number of ether oxygens (including phenoxy) is 1. The Labute approximate surface area is 258 Å². The molecule has 12 heteroatoms. The van der Waals surface area contributed by atoms with E-state index in [9.17, 15) is 18.3 Å². The number of piperidine rings is 1. The van der Waals surface area contributed by atoms with Crippen molar-refractivity contribution in [3.8, 4) is 5.75 Å². The van der Waals surface area contributed by atoms with Crippen LogP contribution in [0.2, 0.25) is 0 Å². The number of hydrogen-bond donors (Lipinski definition) is 3. The van der Waals surface area contributed by atoms with Gasteiger partial charge in [0.1, 0.15) is 16.4 Å². The van der Waals surface area contributed by atoms with Crippen molar-refractivity contribution < 1.29 is 23.0 Å². The number of halogens is 3. The van der Waals surface area contributed by atoms with Crippen LogP contribution >= 0.6 is 11.3 Å². The van der Waals surface area contributed by atoms with E-state index in [0.29, 0.717) is 22.6 Å². The summed E-state index contributed by atoms with van der Waals surface area (Å²) in [5.41, 5.74) is 0.636. The van der Waals surface area contributed by atoms with Crippen LogP contribution in [0.3, 0.4) is 0 Å². The van der Waals surface area contributed by atoms with Crippen molar-refractivity contribution in [2.75, 3.05) is 48.8 Å². The van der Waals surface area contributed by atoms with Crippen molar-refractivity contribution in [3.05, 3.63) is 58.5 Å². The number of likely N-dealkylation sites (tertiary alicyclic amines) is 1. The normalized spacial score (nSPS) is 16.7. The molecule has 4 heterocycles. The van der Waals surface area contributed by atoms with Gasteiger partial charge in [-0.15, -0.1) is 11.3 Å². The molecule has 0 atom stereocenters. The molecule has 44 heavy (non-hydrogen) atoms. The molecule has 234 valence electrons. The molecule has 0 bridgehead atoms. The topological polar surface area (TPSA) is 85.8 Å². The summed E-state index contributed by atoms with van der Waals surface area (Å²) >= 11 is 1.43. The van der Waals surface area contributed by atoms with Crippen LogP contribution in [0.4, 0.5) is 42.0 Å². The van der Waals surface area contributed by atoms with Gasteiger partial charge in [0.05, 0.1) is 29.3 Å². The van der Waals surface area contributed by atoms with Crippen LogP contribution in [0, 0.1) is 6.92 Å². The maximum atomic E-state index is 13.8. The number of alkyl halides is 3. The van der Waals surface area contributed by atoms with Crippen LogP contribution in [0.15, 0.2) is 41.8 Å². The number of aryl methyl sites for hydroxylation is 1. The van der Waals surface area contributed by atoms with Gasteiger partial charge in [-0.2, -0.15) is 18.2 Å². The highest BCUT2D eigenvalue weighted by Gasteiger charge is 2.33. The second-order valence-corrected chi connectivity index (χ2v) is 13.0. The number of anilines is 5. The van der Waals surface area contributed by atoms with Gasteiger partial charge in [0.2, 0.25) is 5.95 Å². The van der Waals surface area contributed by atoms with Crippen LogP contribution in [-0.2, 0) is 11.8 Å². The summed E-state index contributed by atoms with van der Waals surface area (Å²) in [5, 5.41) is 19.5. The van der Waals surface area contributed by atoms with Crippen molar-refractivity contribution in [2.24, 2.45) is 0 Å². The summed E-state index contributed by atoms with van der Waals surface area (Å²) in [7, 11) is 1.66. The molecule has 2 aliphatic heterocycles. The van der Waals surface area contributed by atoms with Crippen LogP contribution in [0.25, 0.3) is 10.2 Å². The largest absolute Gasteiger partial charge is 0.495 e. The molecule has 0 amide bonds. The van der Waals surface area contributed by atoms with Crippen LogP contribution in [0.1, 0.15) is 49.8 Å². The van der Waals surface area contributed by atoms with Crippen molar-refractivity contribution >= 4 is 50.4 Å². The van der Waals surface area contributed by atoms with Gasteiger partial charge in [-0.05, 0) is 100.0 Å². The SMILES string of the molecule is COc1cc(Nc2nc(Nc3cc(C(C)(C)O)cc(C(F)(F)F)c3)c3c(C)csc3n2)ccc1N1CCC(N2CCC2)CC1. The van der Waals surface area contributed by atoms with Crippen molar-refractivity contribution in [1.82, 2.24) is 14.9 Å². The van der Waals surface area contributed by atoms with Gasteiger partial charge in [0.15, 0.2) is 0 Å². The monoisotopic (exact) mass is 626 g/mol. The first-order valence-corrected chi connectivity index (χ1v) is 15.7. The van der Waals surface area contributed by atoms with E-state index in [4.69, 9.17) is 9.72 Å². The second kappa shape index (κ2) is 11.7. The second-order valence-electron chi connectivity index (χ2n) is 12.1. The summed E-state index contributed by atoms with van der Waals surface area (Å²) in [6.45, 7) is 9.19. The lowest BCUT2D eigenvalue weighted by Crippen LogP contribution is -2.50. The Bertz CT molecular complexity index is 1620. The summed E-state index contributed by atoms with van der Waals surface area (Å²) < 4.78 is 47.1. The van der Waals surface area contributed by atoms with Gasteiger partial charge in [0.25, 0.3) is 0 Å². The predicted octanol–water partition coefficient (Wildman–Crippen LogP) is 7.42. The first kappa shape index (κ1) is 30.4. The Kier molecular flexibility index (Phi) is 8.10. The minimum Gasteiger partial charge on any atom is -0.495 e. The third-order valence-electron chi connectivity index (χ3n) is 8.50. The lowest BCUT2D eigenvalue weighted by Gasteiger charge is -2.43. The number of nitrogens with zero attached hydrogens (tertiary/aromatic N) is 4. The first-order valence-electron chi connectivity index (χ1n) is 14.8. The molecule has 0 aliphatic carbocycles. The highest BCUT2D eigenvalue weighted by atomic mass is 32.1. The molecule has 0 saturated carbocycles.